The molecule has 0 unspecified atom stereocenters. The van der Waals surface area contributed by atoms with E-state index in [1.54, 1.807) is 18.3 Å². The number of pyridine rings is 1. The Morgan fingerprint density at radius 1 is 1.53 bits per heavy atom. The molecule has 0 aromatic carbocycles. The van der Waals surface area contributed by atoms with Crippen molar-refractivity contribution in [2.45, 2.75) is 19.8 Å². The van der Waals surface area contributed by atoms with Crippen molar-refractivity contribution in [1.82, 2.24) is 10.5 Å². The third-order valence-corrected chi connectivity index (χ3v) is 1.63. The SMILES string of the molecule is CCCC(=O)NOC(=O)c1cccnc1. The lowest BCUT2D eigenvalue weighted by molar-refractivity contribution is -0.130. The summed E-state index contributed by atoms with van der Waals surface area (Å²) in [5.74, 6) is -0.928. The van der Waals surface area contributed by atoms with E-state index in [1.807, 2.05) is 6.92 Å². The van der Waals surface area contributed by atoms with Gasteiger partial charge in [0.05, 0.1) is 5.56 Å². The van der Waals surface area contributed by atoms with E-state index in [0.29, 0.717) is 18.4 Å². The molecule has 1 rings (SSSR count). The summed E-state index contributed by atoms with van der Waals surface area (Å²) in [5.41, 5.74) is 2.37. The van der Waals surface area contributed by atoms with Crippen LogP contribution in [-0.4, -0.2) is 16.9 Å². The maximum atomic E-state index is 11.3. The van der Waals surface area contributed by atoms with E-state index in [9.17, 15) is 9.59 Å². The molecule has 0 bridgehead atoms. The van der Waals surface area contributed by atoms with Crippen molar-refractivity contribution in [1.29, 1.82) is 0 Å². The molecule has 1 amide bonds. The van der Waals surface area contributed by atoms with Gasteiger partial charge < -0.3 is 4.84 Å². The zero-order valence-electron chi connectivity index (χ0n) is 8.40. The quantitative estimate of drug-likeness (QED) is 0.754. The maximum absolute atomic E-state index is 11.3. The Morgan fingerprint density at radius 2 is 2.33 bits per heavy atom. The van der Waals surface area contributed by atoms with E-state index in [-0.39, 0.29) is 5.91 Å². The minimum absolute atomic E-state index is 0.300. The van der Waals surface area contributed by atoms with Gasteiger partial charge in [0.15, 0.2) is 0 Å². The molecule has 80 valence electrons. The van der Waals surface area contributed by atoms with Crippen molar-refractivity contribution >= 4 is 11.9 Å². The highest BCUT2D eigenvalue weighted by Crippen LogP contribution is 1.97. The number of hydrogen-bond donors (Lipinski definition) is 1. The van der Waals surface area contributed by atoms with Crippen molar-refractivity contribution in [3.8, 4) is 0 Å². The molecule has 1 heterocycles. The van der Waals surface area contributed by atoms with Crippen molar-refractivity contribution in [3.63, 3.8) is 0 Å². The van der Waals surface area contributed by atoms with Gasteiger partial charge in [-0.05, 0) is 18.6 Å². The number of hydrogen-bond acceptors (Lipinski definition) is 4. The third-order valence-electron chi connectivity index (χ3n) is 1.63. The van der Waals surface area contributed by atoms with Crippen LogP contribution >= 0.6 is 0 Å². The van der Waals surface area contributed by atoms with Crippen LogP contribution in [0.5, 0.6) is 0 Å². The largest absolute Gasteiger partial charge is 0.364 e. The van der Waals surface area contributed by atoms with Crippen LogP contribution in [0.25, 0.3) is 0 Å². The van der Waals surface area contributed by atoms with Gasteiger partial charge >= 0.3 is 5.97 Å². The zero-order chi connectivity index (χ0) is 11.1. The molecule has 5 heteroatoms. The molecule has 0 fully saturated rings. The number of nitrogens with zero attached hydrogens (tertiary/aromatic N) is 1. The Hall–Kier alpha value is -1.91. The van der Waals surface area contributed by atoms with Crippen LogP contribution in [0.2, 0.25) is 0 Å². The first-order valence-corrected chi connectivity index (χ1v) is 4.64. The lowest BCUT2D eigenvalue weighted by Crippen LogP contribution is -2.26. The number of hydroxylamine groups is 1. The fourth-order valence-electron chi connectivity index (χ4n) is 0.924. The van der Waals surface area contributed by atoms with Gasteiger partial charge in [-0.3, -0.25) is 9.78 Å². The maximum Gasteiger partial charge on any atom is 0.364 e. The average molecular weight is 208 g/mol. The molecule has 0 aliphatic carbocycles. The van der Waals surface area contributed by atoms with E-state index in [0.717, 1.165) is 0 Å². The van der Waals surface area contributed by atoms with Crippen LogP contribution < -0.4 is 5.48 Å². The van der Waals surface area contributed by atoms with E-state index in [1.165, 1.54) is 6.20 Å². The number of rotatable bonds is 3. The Kier molecular flexibility index (Phi) is 4.28. The van der Waals surface area contributed by atoms with E-state index in [4.69, 9.17) is 0 Å². The summed E-state index contributed by atoms with van der Waals surface area (Å²) < 4.78 is 0. The second-order valence-electron chi connectivity index (χ2n) is 2.91. The predicted octanol–water partition coefficient (Wildman–Crippen LogP) is 1.07. The van der Waals surface area contributed by atoms with Crippen molar-refractivity contribution in [2.24, 2.45) is 0 Å². The van der Waals surface area contributed by atoms with Gasteiger partial charge in [-0.25, -0.2) is 4.79 Å². The van der Waals surface area contributed by atoms with E-state index < -0.39 is 5.97 Å². The summed E-state index contributed by atoms with van der Waals surface area (Å²) in [6.07, 6.45) is 3.96. The minimum atomic E-state index is -0.618. The molecule has 0 radical (unpaired) electrons. The number of aromatic nitrogens is 1. The van der Waals surface area contributed by atoms with Crippen LogP contribution in [0.3, 0.4) is 0 Å². The summed E-state index contributed by atoms with van der Waals surface area (Å²) >= 11 is 0. The fourth-order valence-corrected chi connectivity index (χ4v) is 0.924. The molecule has 0 aliphatic heterocycles. The lowest BCUT2D eigenvalue weighted by atomic mass is 10.3. The van der Waals surface area contributed by atoms with Crippen LogP contribution in [-0.2, 0) is 9.63 Å². The summed E-state index contributed by atoms with van der Waals surface area (Å²) in [5, 5.41) is 0. The van der Waals surface area contributed by atoms with Crippen LogP contribution in [0, 0.1) is 0 Å². The second kappa shape index (κ2) is 5.74. The van der Waals surface area contributed by atoms with Gasteiger partial charge in [0.25, 0.3) is 5.91 Å². The van der Waals surface area contributed by atoms with Gasteiger partial charge in [0.2, 0.25) is 0 Å². The molecule has 0 saturated heterocycles. The molecule has 1 N–H and O–H groups in total. The second-order valence-corrected chi connectivity index (χ2v) is 2.91. The molecular weight excluding hydrogens is 196 g/mol. The number of carbonyl (C=O) groups excluding carboxylic acids is 2. The number of amides is 1. The smallest absolute Gasteiger partial charge is 0.335 e. The van der Waals surface area contributed by atoms with Crippen LogP contribution in [0.4, 0.5) is 0 Å². The average Bonchev–Trinajstić information content (AvgIpc) is 2.27. The molecule has 1 aromatic rings. The lowest BCUT2D eigenvalue weighted by Gasteiger charge is -2.03. The normalized spacial score (nSPS) is 9.40. The first kappa shape index (κ1) is 11.2. The van der Waals surface area contributed by atoms with Crippen LogP contribution in [0.1, 0.15) is 30.1 Å². The standard InChI is InChI=1S/C10H12N2O3/c1-2-4-9(13)12-15-10(14)8-5-3-6-11-7-8/h3,5-7H,2,4H2,1H3,(H,12,13). The molecule has 1 aromatic heterocycles. The van der Waals surface area contributed by atoms with Crippen molar-refractivity contribution < 1.29 is 14.4 Å². The van der Waals surface area contributed by atoms with Gasteiger partial charge in [-0.2, -0.15) is 5.48 Å². The van der Waals surface area contributed by atoms with E-state index >= 15 is 0 Å². The minimum Gasteiger partial charge on any atom is -0.335 e. The van der Waals surface area contributed by atoms with Gasteiger partial charge in [0, 0.05) is 18.8 Å². The molecule has 0 atom stereocenters. The summed E-state index contributed by atoms with van der Waals surface area (Å²) in [6.45, 7) is 1.86. The summed E-state index contributed by atoms with van der Waals surface area (Å²) in [6, 6.07) is 3.17. The number of nitrogens with one attached hydrogen (secondary N) is 1. The molecule has 0 spiro atoms. The van der Waals surface area contributed by atoms with Gasteiger partial charge in [-0.15, -0.1) is 0 Å². The highest BCUT2D eigenvalue weighted by atomic mass is 16.7. The fraction of sp³-hybridized carbons (Fsp3) is 0.300. The third kappa shape index (κ3) is 3.76. The summed E-state index contributed by atoms with van der Waals surface area (Å²) in [4.78, 5) is 30.6. The molecule has 15 heavy (non-hydrogen) atoms. The predicted molar refractivity (Wildman–Crippen MR) is 52.7 cm³/mol. The molecule has 5 nitrogen and oxygen atoms in total. The Bertz CT molecular complexity index is 338. The van der Waals surface area contributed by atoms with Crippen molar-refractivity contribution in [3.05, 3.63) is 30.1 Å². The number of carbonyl (C=O) groups is 2. The summed E-state index contributed by atoms with van der Waals surface area (Å²) in [7, 11) is 0. The zero-order valence-corrected chi connectivity index (χ0v) is 8.40. The molecule has 0 aliphatic rings. The van der Waals surface area contributed by atoms with Crippen LogP contribution in [0.15, 0.2) is 24.5 Å². The topological polar surface area (TPSA) is 68.3 Å². The van der Waals surface area contributed by atoms with Gasteiger partial charge in [-0.1, -0.05) is 6.92 Å². The molecular formula is C10H12N2O3. The first-order chi connectivity index (χ1) is 7.24. The van der Waals surface area contributed by atoms with Crippen molar-refractivity contribution in [2.75, 3.05) is 0 Å². The Balaban J connectivity index is 2.40. The van der Waals surface area contributed by atoms with E-state index in [2.05, 4.69) is 15.3 Å². The first-order valence-electron chi connectivity index (χ1n) is 4.64. The monoisotopic (exact) mass is 208 g/mol. The Labute approximate surface area is 87.4 Å². The molecule has 0 saturated carbocycles. The highest BCUT2D eigenvalue weighted by molar-refractivity contribution is 5.89. The Morgan fingerprint density at radius 3 is 2.93 bits per heavy atom. The van der Waals surface area contributed by atoms with Gasteiger partial charge in [0.1, 0.15) is 0 Å². The highest BCUT2D eigenvalue weighted by Gasteiger charge is 2.08.